The molecule has 0 aromatic heterocycles. The first-order chi connectivity index (χ1) is 8.31. The van der Waals surface area contributed by atoms with Crippen molar-refractivity contribution in [3.05, 3.63) is 25.3 Å². The fraction of sp³-hybridized carbons (Fsp3) is 0.583. The second kappa shape index (κ2) is 18.2. The number of aliphatic hydroxyl groups excluding tert-OH is 2. The Morgan fingerprint density at radius 2 is 1.78 bits per heavy atom. The van der Waals surface area contributed by atoms with Crippen molar-refractivity contribution >= 4 is 5.97 Å². The van der Waals surface area contributed by atoms with E-state index in [1.54, 1.807) is 13.0 Å². The summed E-state index contributed by atoms with van der Waals surface area (Å²) in [7, 11) is 0. The average Bonchev–Trinajstić information content (AvgIpc) is 2.27. The van der Waals surface area contributed by atoms with E-state index in [0.29, 0.717) is 13.0 Å². The zero-order valence-corrected chi connectivity index (χ0v) is 11.0. The van der Waals surface area contributed by atoms with Crippen LogP contribution in [-0.4, -0.2) is 45.6 Å². The van der Waals surface area contributed by atoms with Crippen LogP contribution in [-0.2, 0) is 9.53 Å². The molecule has 1 atom stereocenters. The molecule has 0 aliphatic rings. The van der Waals surface area contributed by atoms with Gasteiger partial charge in [-0.05, 0) is 13.3 Å². The van der Waals surface area contributed by atoms with E-state index in [0.717, 1.165) is 12.5 Å². The highest BCUT2D eigenvalue weighted by atomic mass is 16.6. The summed E-state index contributed by atoms with van der Waals surface area (Å²) >= 11 is 0. The Hall–Kier alpha value is -1.21. The molecule has 0 fully saturated rings. The van der Waals surface area contributed by atoms with Crippen molar-refractivity contribution in [3.8, 4) is 0 Å². The molecule has 108 valence electrons. The number of ether oxygens (including phenoxy) is 1. The number of aliphatic carboxylic acids is 1. The maximum atomic E-state index is 9.25. The van der Waals surface area contributed by atoms with Gasteiger partial charge in [0.2, 0.25) is 0 Å². The topological polar surface area (TPSA) is 107 Å². The van der Waals surface area contributed by atoms with Gasteiger partial charge in [-0.2, -0.15) is 0 Å². The third-order valence-corrected chi connectivity index (χ3v) is 1.18. The van der Waals surface area contributed by atoms with Gasteiger partial charge in [-0.25, -0.2) is 4.79 Å². The number of hydrogen-bond donors (Lipinski definition) is 4. The Labute approximate surface area is 108 Å². The molecule has 18 heavy (non-hydrogen) atoms. The molecule has 0 amide bonds. The van der Waals surface area contributed by atoms with Crippen molar-refractivity contribution in [2.45, 2.75) is 39.3 Å². The lowest BCUT2D eigenvalue weighted by Crippen LogP contribution is -2.04. The van der Waals surface area contributed by atoms with Crippen LogP contribution in [0, 0.1) is 0 Å². The summed E-state index contributed by atoms with van der Waals surface area (Å²) in [4.78, 5) is 9.25. The molecule has 6 heteroatoms. The molecule has 0 aromatic carbocycles. The molecule has 0 spiro atoms. The molecule has 0 radical (unpaired) electrons. The second-order valence-corrected chi connectivity index (χ2v) is 3.03. The monoisotopic (exact) mass is 264 g/mol. The first-order valence-electron chi connectivity index (χ1n) is 5.43. The van der Waals surface area contributed by atoms with Gasteiger partial charge >= 0.3 is 5.97 Å². The van der Waals surface area contributed by atoms with Crippen molar-refractivity contribution in [2.24, 2.45) is 0 Å². The SMILES string of the molecule is C=CC(=O)O.C=CCOC(C)O.CCCC(O)O. The Balaban J connectivity index is -0.000000190. The van der Waals surface area contributed by atoms with E-state index in [-0.39, 0.29) is 0 Å². The van der Waals surface area contributed by atoms with E-state index in [1.165, 1.54) is 0 Å². The molecular weight excluding hydrogens is 240 g/mol. The summed E-state index contributed by atoms with van der Waals surface area (Å²) in [6, 6.07) is 0. The molecule has 0 rings (SSSR count). The van der Waals surface area contributed by atoms with Crippen LogP contribution in [0.25, 0.3) is 0 Å². The Bertz CT molecular complexity index is 201. The van der Waals surface area contributed by atoms with Gasteiger partial charge in [0.15, 0.2) is 12.6 Å². The minimum Gasteiger partial charge on any atom is -0.478 e. The summed E-state index contributed by atoms with van der Waals surface area (Å²) in [5, 5.41) is 32.2. The predicted molar refractivity (Wildman–Crippen MR) is 68.8 cm³/mol. The zero-order valence-electron chi connectivity index (χ0n) is 11.0. The van der Waals surface area contributed by atoms with Crippen molar-refractivity contribution in [1.82, 2.24) is 0 Å². The van der Waals surface area contributed by atoms with Crippen LogP contribution >= 0.6 is 0 Å². The predicted octanol–water partition coefficient (Wildman–Crippen LogP) is 0.881. The highest BCUT2D eigenvalue weighted by Crippen LogP contribution is 1.88. The lowest BCUT2D eigenvalue weighted by Gasteiger charge is -2.00. The smallest absolute Gasteiger partial charge is 0.327 e. The molecule has 0 saturated carbocycles. The van der Waals surface area contributed by atoms with Crippen molar-refractivity contribution in [2.75, 3.05) is 6.61 Å². The van der Waals surface area contributed by atoms with Crippen LogP contribution in [0.1, 0.15) is 26.7 Å². The third kappa shape index (κ3) is 46.3. The lowest BCUT2D eigenvalue weighted by atomic mass is 10.3. The highest BCUT2D eigenvalue weighted by Gasteiger charge is 1.89. The molecule has 0 saturated heterocycles. The molecule has 1 unspecified atom stereocenters. The number of hydrogen-bond acceptors (Lipinski definition) is 5. The van der Waals surface area contributed by atoms with Gasteiger partial charge in [0.25, 0.3) is 0 Å². The van der Waals surface area contributed by atoms with Gasteiger partial charge in [0, 0.05) is 6.08 Å². The molecule has 0 bridgehead atoms. The quantitative estimate of drug-likeness (QED) is 0.322. The van der Waals surface area contributed by atoms with Crippen LogP contribution in [0.4, 0.5) is 0 Å². The van der Waals surface area contributed by atoms with E-state index in [1.807, 2.05) is 6.92 Å². The number of carboxylic acids is 1. The molecule has 0 aromatic rings. The highest BCUT2D eigenvalue weighted by molar-refractivity contribution is 5.78. The average molecular weight is 264 g/mol. The van der Waals surface area contributed by atoms with E-state index in [9.17, 15) is 4.79 Å². The first-order valence-corrected chi connectivity index (χ1v) is 5.43. The van der Waals surface area contributed by atoms with Gasteiger partial charge in [0.05, 0.1) is 6.61 Å². The summed E-state index contributed by atoms with van der Waals surface area (Å²) in [5.74, 6) is -0.981. The Morgan fingerprint density at radius 1 is 1.33 bits per heavy atom. The summed E-state index contributed by atoms with van der Waals surface area (Å²) in [6.07, 6.45) is 1.97. The van der Waals surface area contributed by atoms with Gasteiger partial charge < -0.3 is 25.2 Å². The van der Waals surface area contributed by atoms with Gasteiger partial charge in [-0.1, -0.05) is 26.0 Å². The summed E-state index contributed by atoms with van der Waals surface area (Å²) in [6.45, 7) is 10.2. The third-order valence-electron chi connectivity index (χ3n) is 1.18. The molecule has 6 nitrogen and oxygen atoms in total. The van der Waals surface area contributed by atoms with E-state index in [4.69, 9.17) is 20.4 Å². The van der Waals surface area contributed by atoms with Crippen LogP contribution in [0.5, 0.6) is 0 Å². The molecule has 0 heterocycles. The second-order valence-electron chi connectivity index (χ2n) is 3.03. The van der Waals surface area contributed by atoms with E-state index < -0.39 is 18.5 Å². The molecule has 4 N–H and O–H groups in total. The minimum absolute atomic E-state index is 0.414. The van der Waals surface area contributed by atoms with Crippen LogP contribution in [0.15, 0.2) is 25.3 Å². The molecular formula is C12H24O6. The number of carboxylic acid groups (broad SMARTS) is 1. The van der Waals surface area contributed by atoms with Gasteiger partial charge in [-0.15, -0.1) is 6.58 Å². The van der Waals surface area contributed by atoms with Crippen LogP contribution in [0.2, 0.25) is 0 Å². The van der Waals surface area contributed by atoms with E-state index >= 15 is 0 Å². The number of rotatable bonds is 6. The fourth-order valence-corrected chi connectivity index (χ4v) is 0.465. The summed E-state index contributed by atoms with van der Waals surface area (Å²) < 4.78 is 4.63. The first kappa shape index (κ1) is 22.0. The number of carbonyl (C=O) groups is 1. The largest absolute Gasteiger partial charge is 0.478 e. The maximum absolute atomic E-state index is 9.25. The van der Waals surface area contributed by atoms with Crippen molar-refractivity contribution < 1.29 is 30.0 Å². The lowest BCUT2D eigenvalue weighted by molar-refractivity contribution is -0.131. The summed E-state index contributed by atoms with van der Waals surface area (Å²) in [5.41, 5.74) is 0. The minimum atomic E-state index is -1.10. The van der Waals surface area contributed by atoms with Crippen LogP contribution < -0.4 is 0 Å². The van der Waals surface area contributed by atoms with Crippen LogP contribution in [0.3, 0.4) is 0 Å². The van der Waals surface area contributed by atoms with Gasteiger partial charge in [0.1, 0.15) is 0 Å². The standard InChI is InChI=1S/C5H10O2.C4H10O2.C3H4O2/c1-3-4-7-5(2)6;1-2-3-4(5)6;1-2-3(4)5/h3,5-6H,1,4H2,2H3;4-6H,2-3H2,1H3;2H,1H2,(H,4,5). The normalized spacial score (nSPS) is 10.3. The molecule has 0 aliphatic carbocycles. The van der Waals surface area contributed by atoms with Gasteiger partial charge in [-0.3, -0.25) is 0 Å². The van der Waals surface area contributed by atoms with E-state index in [2.05, 4.69) is 17.9 Å². The van der Waals surface area contributed by atoms with Crippen molar-refractivity contribution in [1.29, 1.82) is 0 Å². The zero-order chi connectivity index (χ0) is 15.0. The molecule has 0 aliphatic heterocycles. The Kier molecular flexibility index (Phi) is 22.2. The number of aliphatic hydroxyl groups is 3. The van der Waals surface area contributed by atoms with Crippen molar-refractivity contribution in [3.63, 3.8) is 0 Å². The fourth-order valence-electron chi connectivity index (χ4n) is 0.465. The maximum Gasteiger partial charge on any atom is 0.327 e. The Morgan fingerprint density at radius 3 is 1.83 bits per heavy atom.